The van der Waals surface area contributed by atoms with E-state index in [1.807, 2.05) is 38.1 Å². The standard InChI is InChI=1S/C21H28N2O5/c1-14-5-8-17(9-6-14)23-21(27)28-11-3-4-15(2)22-13-20(26)16-7-10-18(24)19(25)12-16/h5-10,12,15,20,22,24-26H,3-4,11,13H2,1-2H3,(H,23,27). The fourth-order valence-corrected chi connectivity index (χ4v) is 2.63. The number of aromatic hydroxyl groups is 2. The zero-order chi connectivity index (χ0) is 20.5. The molecule has 0 aromatic heterocycles. The molecule has 2 rings (SSSR count). The summed E-state index contributed by atoms with van der Waals surface area (Å²) in [4.78, 5) is 11.7. The molecule has 2 aromatic rings. The molecule has 2 unspecified atom stereocenters. The van der Waals surface area contributed by atoms with Crippen molar-refractivity contribution >= 4 is 11.8 Å². The second-order valence-electron chi connectivity index (χ2n) is 6.84. The SMILES string of the molecule is Cc1ccc(NC(=O)OCCCC(C)NCC(O)c2ccc(O)c(O)c2)cc1. The highest BCUT2D eigenvalue weighted by Gasteiger charge is 2.12. The number of aliphatic hydroxyl groups is 1. The number of phenolic OH excluding ortho intramolecular Hbond substituents is 2. The Morgan fingerprint density at radius 2 is 1.82 bits per heavy atom. The third kappa shape index (κ3) is 7.09. The molecule has 5 N–H and O–H groups in total. The predicted molar refractivity (Wildman–Crippen MR) is 108 cm³/mol. The van der Waals surface area contributed by atoms with Crippen LogP contribution in [0, 0.1) is 6.92 Å². The maximum absolute atomic E-state index is 11.7. The first-order valence-corrected chi connectivity index (χ1v) is 9.29. The predicted octanol–water partition coefficient (Wildman–Crippen LogP) is 3.45. The number of benzene rings is 2. The lowest BCUT2D eigenvalue weighted by Crippen LogP contribution is -2.30. The maximum atomic E-state index is 11.7. The van der Waals surface area contributed by atoms with Crippen molar-refractivity contribution in [3.05, 3.63) is 53.6 Å². The first kappa shape index (κ1) is 21.5. The summed E-state index contributed by atoms with van der Waals surface area (Å²) in [6.07, 6.45) is 0.175. The molecule has 0 aliphatic carbocycles. The van der Waals surface area contributed by atoms with Crippen molar-refractivity contribution < 1.29 is 24.9 Å². The van der Waals surface area contributed by atoms with Gasteiger partial charge in [-0.2, -0.15) is 0 Å². The number of aliphatic hydroxyl groups excluding tert-OH is 1. The van der Waals surface area contributed by atoms with E-state index in [0.717, 1.165) is 12.0 Å². The average Bonchev–Trinajstić information content (AvgIpc) is 2.67. The van der Waals surface area contributed by atoms with Crippen molar-refractivity contribution in [2.75, 3.05) is 18.5 Å². The van der Waals surface area contributed by atoms with E-state index in [-0.39, 0.29) is 17.5 Å². The molecule has 7 heteroatoms. The molecule has 152 valence electrons. The van der Waals surface area contributed by atoms with Gasteiger partial charge in [0.05, 0.1) is 12.7 Å². The molecular weight excluding hydrogens is 360 g/mol. The lowest BCUT2D eigenvalue weighted by Gasteiger charge is -2.17. The van der Waals surface area contributed by atoms with Crippen molar-refractivity contribution in [1.29, 1.82) is 0 Å². The summed E-state index contributed by atoms with van der Waals surface area (Å²) < 4.78 is 5.17. The summed E-state index contributed by atoms with van der Waals surface area (Å²) in [6.45, 7) is 4.57. The largest absolute Gasteiger partial charge is 0.504 e. The topological polar surface area (TPSA) is 111 Å². The monoisotopic (exact) mass is 388 g/mol. The van der Waals surface area contributed by atoms with Crippen LogP contribution in [-0.4, -0.2) is 40.6 Å². The Labute approximate surface area is 165 Å². The van der Waals surface area contributed by atoms with E-state index in [0.29, 0.717) is 30.8 Å². The van der Waals surface area contributed by atoms with Crippen LogP contribution in [-0.2, 0) is 4.74 Å². The number of aryl methyl sites for hydroxylation is 1. The molecule has 0 bridgehead atoms. The Kier molecular flexibility index (Phi) is 8.10. The van der Waals surface area contributed by atoms with Crippen LogP contribution in [0.5, 0.6) is 11.5 Å². The molecule has 0 saturated carbocycles. The van der Waals surface area contributed by atoms with Gasteiger partial charge >= 0.3 is 6.09 Å². The van der Waals surface area contributed by atoms with Crippen molar-refractivity contribution in [3.8, 4) is 11.5 Å². The quantitative estimate of drug-likeness (QED) is 0.332. The molecular formula is C21H28N2O5. The van der Waals surface area contributed by atoms with Crippen molar-refractivity contribution in [2.24, 2.45) is 0 Å². The molecule has 0 saturated heterocycles. The number of carbonyl (C=O) groups is 1. The molecule has 0 aliphatic heterocycles. The number of anilines is 1. The van der Waals surface area contributed by atoms with Gasteiger partial charge in [0, 0.05) is 18.3 Å². The zero-order valence-corrected chi connectivity index (χ0v) is 16.2. The van der Waals surface area contributed by atoms with Crippen LogP contribution in [0.25, 0.3) is 0 Å². The van der Waals surface area contributed by atoms with E-state index < -0.39 is 12.2 Å². The summed E-state index contributed by atoms with van der Waals surface area (Å²) in [5.74, 6) is -0.477. The van der Waals surface area contributed by atoms with Gasteiger partial charge in [0.1, 0.15) is 0 Å². The first-order valence-electron chi connectivity index (χ1n) is 9.29. The Balaban J connectivity index is 1.61. The molecule has 28 heavy (non-hydrogen) atoms. The minimum absolute atomic E-state index is 0.115. The Hall–Kier alpha value is -2.77. The molecule has 0 heterocycles. The average molecular weight is 388 g/mol. The molecule has 0 radical (unpaired) electrons. The lowest BCUT2D eigenvalue weighted by atomic mass is 10.1. The fraction of sp³-hybridized carbons (Fsp3) is 0.381. The molecule has 0 aliphatic rings. The number of nitrogens with one attached hydrogen (secondary N) is 2. The minimum atomic E-state index is -0.800. The Bertz CT molecular complexity index is 764. The Morgan fingerprint density at radius 3 is 2.50 bits per heavy atom. The second-order valence-corrected chi connectivity index (χ2v) is 6.84. The van der Waals surface area contributed by atoms with Crippen LogP contribution in [0.4, 0.5) is 10.5 Å². The van der Waals surface area contributed by atoms with Crippen LogP contribution in [0.2, 0.25) is 0 Å². The summed E-state index contributed by atoms with van der Waals surface area (Å²) in [6, 6.07) is 11.8. The van der Waals surface area contributed by atoms with Crippen molar-refractivity contribution in [2.45, 2.75) is 38.8 Å². The molecule has 7 nitrogen and oxygen atoms in total. The number of carbonyl (C=O) groups excluding carboxylic acids is 1. The number of hydrogen-bond donors (Lipinski definition) is 5. The van der Waals surface area contributed by atoms with Gasteiger partial charge in [-0.15, -0.1) is 0 Å². The van der Waals surface area contributed by atoms with Gasteiger partial charge in [-0.25, -0.2) is 4.79 Å². The number of phenols is 2. The van der Waals surface area contributed by atoms with Crippen LogP contribution >= 0.6 is 0 Å². The molecule has 1 amide bonds. The lowest BCUT2D eigenvalue weighted by molar-refractivity contribution is 0.155. The third-order valence-corrected chi connectivity index (χ3v) is 4.36. The summed E-state index contributed by atoms with van der Waals surface area (Å²) in [5, 5.41) is 34.8. The second kappa shape index (κ2) is 10.5. The highest BCUT2D eigenvalue weighted by Crippen LogP contribution is 2.27. The van der Waals surface area contributed by atoms with Crippen LogP contribution in [0.1, 0.15) is 37.0 Å². The first-order chi connectivity index (χ1) is 13.3. The summed E-state index contributed by atoms with van der Waals surface area (Å²) in [5.41, 5.74) is 2.33. The highest BCUT2D eigenvalue weighted by molar-refractivity contribution is 5.84. The van der Waals surface area contributed by atoms with Gasteiger partial charge in [0.2, 0.25) is 0 Å². The van der Waals surface area contributed by atoms with Crippen molar-refractivity contribution in [3.63, 3.8) is 0 Å². The number of rotatable bonds is 9. The van der Waals surface area contributed by atoms with Crippen molar-refractivity contribution in [1.82, 2.24) is 5.32 Å². The number of amides is 1. The maximum Gasteiger partial charge on any atom is 0.411 e. The third-order valence-electron chi connectivity index (χ3n) is 4.36. The van der Waals surface area contributed by atoms with Crippen LogP contribution in [0.15, 0.2) is 42.5 Å². The number of hydrogen-bond acceptors (Lipinski definition) is 6. The Morgan fingerprint density at radius 1 is 1.11 bits per heavy atom. The highest BCUT2D eigenvalue weighted by atomic mass is 16.5. The summed E-state index contributed by atoms with van der Waals surface area (Å²) >= 11 is 0. The number of ether oxygens (including phenoxy) is 1. The van der Waals surface area contributed by atoms with E-state index in [9.17, 15) is 20.1 Å². The van der Waals surface area contributed by atoms with E-state index in [1.165, 1.54) is 12.1 Å². The fourth-order valence-electron chi connectivity index (χ4n) is 2.63. The van der Waals surface area contributed by atoms with E-state index in [1.54, 1.807) is 6.07 Å². The van der Waals surface area contributed by atoms with Gasteiger partial charge < -0.3 is 25.4 Å². The summed E-state index contributed by atoms with van der Waals surface area (Å²) in [7, 11) is 0. The van der Waals surface area contributed by atoms with Gasteiger partial charge in [0.25, 0.3) is 0 Å². The van der Waals surface area contributed by atoms with Crippen LogP contribution in [0.3, 0.4) is 0 Å². The van der Waals surface area contributed by atoms with E-state index in [2.05, 4.69) is 10.6 Å². The van der Waals surface area contributed by atoms with Gasteiger partial charge in [0.15, 0.2) is 11.5 Å². The normalized spacial score (nSPS) is 13.0. The van der Waals surface area contributed by atoms with Crippen LogP contribution < -0.4 is 10.6 Å². The van der Waals surface area contributed by atoms with E-state index >= 15 is 0 Å². The minimum Gasteiger partial charge on any atom is -0.504 e. The van der Waals surface area contributed by atoms with E-state index in [4.69, 9.17) is 4.74 Å². The smallest absolute Gasteiger partial charge is 0.411 e. The van der Waals surface area contributed by atoms with Gasteiger partial charge in [-0.1, -0.05) is 23.8 Å². The molecule has 0 spiro atoms. The van der Waals surface area contributed by atoms with Gasteiger partial charge in [-0.3, -0.25) is 5.32 Å². The van der Waals surface area contributed by atoms with Gasteiger partial charge in [-0.05, 0) is 56.5 Å². The molecule has 2 atom stereocenters. The molecule has 2 aromatic carbocycles. The zero-order valence-electron chi connectivity index (χ0n) is 16.2. The molecule has 0 fully saturated rings.